The van der Waals surface area contributed by atoms with E-state index in [2.05, 4.69) is 10.6 Å². The highest BCUT2D eigenvalue weighted by molar-refractivity contribution is 7.90. The van der Waals surface area contributed by atoms with Crippen LogP contribution in [0, 0.1) is 11.3 Å². The van der Waals surface area contributed by atoms with E-state index in [4.69, 9.17) is 5.26 Å². The summed E-state index contributed by atoms with van der Waals surface area (Å²) in [7, 11) is -3.67. The van der Waals surface area contributed by atoms with E-state index in [0.29, 0.717) is 10.4 Å². The molecule has 1 aromatic heterocycles. The maximum absolute atomic E-state index is 12.5. The van der Waals surface area contributed by atoms with Gasteiger partial charge in [-0.3, -0.25) is 9.59 Å². The number of hydrogen-bond donors (Lipinski definition) is 2. The average molecular weight is 391 g/mol. The fourth-order valence-corrected chi connectivity index (χ4v) is 4.40. The molecule has 26 heavy (non-hydrogen) atoms. The molecule has 0 bridgehead atoms. The van der Waals surface area contributed by atoms with Crippen molar-refractivity contribution in [2.45, 2.75) is 11.8 Å². The average Bonchev–Trinajstić information content (AvgIpc) is 3.14. The molecule has 2 rings (SSSR count). The quantitative estimate of drug-likeness (QED) is 0.654. The van der Waals surface area contributed by atoms with Crippen molar-refractivity contribution < 1.29 is 18.0 Å². The first-order chi connectivity index (χ1) is 12.4. The van der Waals surface area contributed by atoms with Crippen molar-refractivity contribution in [2.24, 2.45) is 0 Å². The Balaban J connectivity index is 2.13. The molecule has 0 aliphatic carbocycles. The Kier molecular flexibility index (Phi) is 6.89. The molecule has 0 fully saturated rings. The molecule has 9 heteroatoms. The number of nitrogens with one attached hydrogen (secondary N) is 2. The molecular weight excluding hydrogens is 374 g/mol. The third-order valence-electron chi connectivity index (χ3n) is 3.36. The number of rotatable bonds is 8. The summed E-state index contributed by atoms with van der Waals surface area (Å²) >= 11 is 1.18. The number of hydrogen-bond acceptors (Lipinski definition) is 6. The normalized spacial score (nSPS) is 12.0. The Bertz CT molecular complexity index is 888. The Morgan fingerprint density at radius 1 is 1.15 bits per heavy atom. The maximum atomic E-state index is 12.5. The lowest BCUT2D eigenvalue weighted by atomic mass is 10.2. The van der Waals surface area contributed by atoms with Gasteiger partial charge in [-0.25, -0.2) is 8.42 Å². The largest absolute Gasteiger partial charge is 0.341 e. The Hall–Kier alpha value is -2.70. The lowest BCUT2D eigenvalue weighted by Crippen LogP contribution is -2.50. The Morgan fingerprint density at radius 3 is 2.50 bits per heavy atom. The van der Waals surface area contributed by atoms with Crippen molar-refractivity contribution in [1.82, 2.24) is 10.6 Å². The van der Waals surface area contributed by atoms with E-state index in [9.17, 15) is 18.0 Å². The van der Waals surface area contributed by atoms with E-state index >= 15 is 0 Å². The molecule has 0 saturated carbocycles. The monoisotopic (exact) mass is 391 g/mol. The number of thiophene rings is 1. The first-order valence-electron chi connectivity index (χ1n) is 7.64. The van der Waals surface area contributed by atoms with Crippen LogP contribution in [-0.4, -0.2) is 38.6 Å². The van der Waals surface area contributed by atoms with Crippen molar-refractivity contribution in [1.29, 1.82) is 5.26 Å². The summed E-state index contributed by atoms with van der Waals surface area (Å²) in [5.41, 5.74) is 0.591. The van der Waals surface area contributed by atoms with Crippen LogP contribution >= 0.6 is 11.3 Å². The van der Waals surface area contributed by atoms with E-state index in [1.165, 1.54) is 11.3 Å². The molecule has 136 valence electrons. The number of benzene rings is 1. The van der Waals surface area contributed by atoms with E-state index in [1.807, 2.05) is 0 Å². The molecule has 2 N–H and O–H groups in total. The predicted molar refractivity (Wildman–Crippen MR) is 98.1 cm³/mol. The highest BCUT2D eigenvalue weighted by Crippen LogP contribution is 2.11. The van der Waals surface area contributed by atoms with Crippen molar-refractivity contribution in [3.8, 4) is 6.07 Å². The minimum atomic E-state index is -3.67. The van der Waals surface area contributed by atoms with E-state index in [0.717, 1.165) is 0 Å². The van der Waals surface area contributed by atoms with Crippen molar-refractivity contribution in [3.63, 3.8) is 0 Å². The predicted octanol–water partition coefficient (Wildman–Crippen LogP) is 1.10. The van der Waals surface area contributed by atoms with Crippen LogP contribution in [0.25, 0.3) is 0 Å². The number of carbonyl (C=O) groups excluding carboxylic acids is 2. The second-order valence-corrected chi connectivity index (χ2v) is 8.48. The van der Waals surface area contributed by atoms with E-state index < -0.39 is 33.4 Å². The van der Waals surface area contributed by atoms with Gasteiger partial charge in [0.1, 0.15) is 12.6 Å². The summed E-state index contributed by atoms with van der Waals surface area (Å²) in [4.78, 5) is 24.8. The van der Waals surface area contributed by atoms with Gasteiger partial charge in [0.2, 0.25) is 5.91 Å². The van der Waals surface area contributed by atoms with Gasteiger partial charge in [-0.1, -0.05) is 36.4 Å². The fourth-order valence-electron chi connectivity index (χ4n) is 2.21. The van der Waals surface area contributed by atoms with Gasteiger partial charge in [-0.2, -0.15) is 5.26 Å². The van der Waals surface area contributed by atoms with Crippen LogP contribution in [-0.2, 0) is 20.4 Å². The molecular formula is C17H17N3O4S2. The molecule has 0 aliphatic rings. The summed E-state index contributed by atoms with van der Waals surface area (Å²) < 4.78 is 24.9. The molecule has 2 amide bonds. The summed E-state index contributed by atoms with van der Waals surface area (Å²) in [6.45, 7) is -0.275. The van der Waals surface area contributed by atoms with Gasteiger partial charge in [0.25, 0.3) is 5.91 Å². The second-order valence-electron chi connectivity index (χ2n) is 5.42. The third kappa shape index (κ3) is 5.98. The zero-order chi connectivity index (χ0) is 19.0. The van der Waals surface area contributed by atoms with Crippen LogP contribution in [0.15, 0.2) is 47.8 Å². The van der Waals surface area contributed by atoms with Crippen LogP contribution in [0.5, 0.6) is 0 Å². The molecule has 1 aromatic carbocycles. The van der Waals surface area contributed by atoms with Gasteiger partial charge < -0.3 is 10.6 Å². The smallest absolute Gasteiger partial charge is 0.262 e. The Morgan fingerprint density at radius 2 is 1.88 bits per heavy atom. The molecule has 1 unspecified atom stereocenters. The van der Waals surface area contributed by atoms with Crippen LogP contribution in [0.2, 0.25) is 0 Å². The molecule has 0 aliphatic heterocycles. The number of carbonyl (C=O) groups is 2. The molecule has 7 nitrogen and oxygen atoms in total. The first kappa shape index (κ1) is 19.6. The SMILES string of the molecule is N#CCNC(=O)C(CS(=O)(=O)Cc1ccccc1)NC(=O)c1cccs1. The summed E-state index contributed by atoms with van der Waals surface area (Å²) in [5, 5.41) is 15.0. The van der Waals surface area contributed by atoms with Crippen LogP contribution in [0.3, 0.4) is 0 Å². The molecule has 2 aromatic rings. The third-order valence-corrected chi connectivity index (χ3v) is 5.84. The fraction of sp³-hybridized carbons (Fsp3) is 0.235. The number of sulfone groups is 1. The van der Waals surface area contributed by atoms with E-state index in [-0.39, 0.29) is 12.3 Å². The van der Waals surface area contributed by atoms with Gasteiger partial charge in [-0.05, 0) is 17.0 Å². The van der Waals surface area contributed by atoms with Gasteiger partial charge in [0.15, 0.2) is 9.84 Å². The highest BCUT2D eigenvalue weighted by atomic mass is 32.2. The molecule has 0 spiro atoms. The zero-order valence-electron chi connectivity index (χ0n) is 13.7. The van der Waals surface area contributed by atoms with Crippen molar-refractivity contribution in [2.75, 3.05) is 12.3 Å². The van der Waals surface area contributed by atoms with Gasteiger partial charge in [-0.15, -0.1) is 11.3 Å². The molecule has 0 saturated heterocycles. The summed E-state index contributed by atoms with van der Waals surface area (Å²) in [5.74, 6) is -2.05. The number of nitrogens with zero attached hydrogens (tertiary/aromatic N) is 1. The first-order valence-corrected chi connectivity index (χ1v) is 10.3. The van der Waals surface area contributed by atoms with Crippen molar-refractivity contribution >= 4 is 33.0 Å². The zero-order valence-corrected chi connectivity index (χ0v) is 15.3. The highest BCUT2D eigenvalue weighted by Gasteiger charge is 2.28. The topological polar surface area (TPSA) is 116 Å². The maximum Gasteiger partial charge on any atom is 0.262 e. The lowest BCUT2D eigenvalue weighted by Gasteiger charge is -2.17. The minimum Gasteiger partial charge on any atom is -0.341 e. The number of nitriles is 1. The van der Waals surface area contributed by atoms with E-state index in [1.54, 1.807) is 53.9 Å². The number of amides is 2. The minimum absolute atomic E-state index is 0.245. The molecule has 1 atom stereocenters. The summed E-state index contributed by atoms with van der Waals surface area (Å²) in [6.07, 6.45) is 0. The second kappa shape index (κ2) is 9.12. The van der Waals surface area contributed by atoms with Crippen LogP contribution in [0.4, 0.5) is 0 Å². The lowest BCUT2D eigenvalue weighted by molar-refractivity contribution is -0.122. The van der Waals surface area contributed by atoms with Crippen molar-refractivity contribution in [3.05, 3.63) is 58.3 Å². The van der Waals surface area contributed by atoms with Gasteiger partial charge in [0.05, 0.1) is 22.5 Å². The Labute approximate surface area is 155 Å². The van der Waals surface area contributed by atoms with Gasteiger partial charge in [0, 0.05) is 0 Å². The standard InChI is InChI=1S/C17H17N3O4S2/c18-8-9-19-16(21)14(20-17(22)15-7-4-10-25-15)12-26(23,24)11-13-5-2-1-3-6-13/h1-7,10,14H,9,11-12H2,(H,19,21)(H,20,22). The van der Waals surface area contributed by atoms with Gasteiger partial charge >= 0.3 is 0 Å². The summed E-state index contributed by atoms with van der Waals surface area (Å²) in [6, 6.07) is 12.3. The van der Waals surface area contributed by atoms with Crippen LogP contribution in [0.1, 0.15) is 15.2 Å². The molecule has 0 radical (unpaired) electrons. The van der Waals surface area contributed by atoms with Crippen LogP contribution < -0.4 is 10.6 Å². The molecule has 1 heterocycles.